The number of nitrogens with zero attached hydrogens (tertiary/aromatic N) is 3. The fourth-order valence-corrected chi connectivity index (χ4v) is 4.22. The van der Waals surface area contributed by atoms with Gasteiger partial charge in [0.2, 0.25) is 0 Å². The zero-order chi connectivity index (χ0) is 18.8. The van der Waals surface area contributed by atoms with Gasteiger partial charge in [0.15, 0.2) is 0 Å². The van der Waals surface area contributed by atoms with Crippen molar-refractivity contribution in [3.8, 4) is 0 Å². The quantitative estimate of drug-likeness (QED) is 0.835. The van der Waals surface area contributed by atoms with Crippen LogP contribution in [0.3, 0.4) is 0 Å². The van der Waals surface area contributed by atoms with E-state index < -0.39 is 0 Å². The summed E-state index contributed by atoms with van der Waals surface area (Å²) in [5.74, 6) is 2.41. The summed E-state index contributed by atoms with van der Waals surface area (Å²) in [7, 11) is 0. The van der Waals surface area contributed by atoms with Crippen molar-refractivity contribution in [3.63, 3.8) is 0 Å². The van der Waals surface area contributed by atoms with Crippen molar-refractivity contribution in [1.29, 1.82) is 0 Å². The van der Waals surface area contributed by atoms with Crippen LogP contribution in [-0.2, 0) is 12.8 Å². The molecule has 1 aromatic rings. The van der Waals surface area contributed by atoms with Gasteiger partial charge in [0.05, 0.1) is 5.56 Å². The van der Waals surface area contributed by atoms with E-state index in [1.807, 2.05) is 4.90 Å². The number of rotatable bonds is 6. The molecule has 1 aliphatic carbocycles. The van der Waals surface area contributed by atoms with Crippen molar-refractivity contribution in [3.05, 3.63) is 22.9 Å². The number of carbonyl (C=O) groups is 1. The molecule has 3 aliphatic rings. The molecule has 0 spiro atoms. The first kappa shape index (κ1) is 18.7. The van der Waals surface area contributed by atoms with Gasteiger partial charge in [-0.1, -0.05) is 13.8 Å². The van der Waals surface area contributed by atoms with E-state index in [9.17, 15) is 4.79 Å². The number of aromatic nitrogens is 1. The third-order valence-corrected chi connectivity index (χ3v) is 6.07. The summed E-state index contributed by atoms with van der Waals surface area (Å²) in [6.07, 6.45) is 7.05. The van der Waals surface area contributed by atoms with Crippen LogP contribution < -0.4 is 5.32 Å². The molecule has 0 atom stereocenters. The van der Waals surface area contributed by atoms with E-state index in [0.29, 0.717) is 5.92 Å². The molecule has 5 heteroatoms. The molecule has 27 heavy (non-hydrogen) atoms. The molecule has 4 rings (SSSR count). The van der Waals surface area contributed by atoms with Crippen molar-refractivity contribution < 1.29 is 4.79 Å². The number of hydrogen-bond donors (Lipinski definition) is 1. The SMILES string of the molecule is CC(C)CNc1nc2c(cc1C(=O)N1CCCC1)CCN(CC1CC1)CC2. The molecular weight excluding hydrogens is 336 g/mol. The first-order valence-electron chi connectivity index (χ1n) is 10.9. The summed E-state index contributed by atoms with van der Waals surface area (Å²) < 4.78 is 0. The Hall–Kier alpha value is -1.62. The molecule has 1 amide bonds. The minimum Gasteiger partial charge on any atom is -0.369 e. The standard InChI is InChI=1S/C22H34N4O/c1-16(2)14-23-21-19(22(27)26-9-3-4-10-26)13-18-7-11-25(15-17-5-6-17)12-8-20(18)24-21/h13,16-17H,3-12,14-15H2,1-2H3,(H,23,24). The number of fused-ring (bicyclic) bond motifs is 1. The van der Waals surface area contributed by atoms with Crippen molar-refractivity contribution in [1.82, 2.24) is 14.8 Å². The van der Waals surface area contributed by atoms with E-state index in [-0.39, 0.29) is 5.91 Å². The maximum atomic E-state index is 13.1. The predicted molar refractivity (Wildman–Crippen MR) is 109 cm³/mol. The third-order valence-electron chi connectivity index (χ3n) is 6.07. The second-order valence-electron chi connectivity index (χ2n) is 9.01. The molecule has 0 radical (unpaired) electrons. The second-order valence-corrected chi connectivity index (χ2v) is 9.01. The molecule has 1 saturated heterocycles. The van der Waals surface area contributed by atoms with E-state index in [4.69, 9.17) is 4.98 Å². The Kier molecular flexibility index (Phi) is 5.67. The monoisotopic (exact) mass is 370 g/mol. The smallest absolute Gasteiger partial charge is 0.257 e. The maximum Gasteiger partial charge on any atom is 0.257 e. The van der Waals surface area contributed by atoms with Gasteiger partial charge in [0.25, 0.3) is 5.91 Å². The van der Waals surface area contributed by atoms with Crippen molar-refractivity contribution in [2.24, 2.45) is 11.8 Å². The molecule has 2 fully saturated rings. The van der Waals surface area contributed by atoms with Gasteiger partial charge < -0.3 is 15.1 Å². The number of carbonyl (C=O) groups excluding carboxylic acids is 1. The zero-order valence-electron chi connectivity index (χ0n) is 17.0. The Morgan fingerprint density at radius 2 is 1.93 bits per heavy atom. The summed E-state index contributed by atoms with van der Waals surface area (Å²) in [5.41, 5.74) is 3.26. The molecule has 0 unspecified atom stereocenters. The largest absolute Gasteiger partial charge is 0.369 e. The van der Waals surface area contributed by atoms with Crippen LogP contribution in [0.4, 0.5) is 5.82 Å². The molecule has 1 saturated carbocycles. The Balaban J connectivity index is 1.57. The first-order chi connectivity index (χ1) is 13.1. The van der Waals surface area contributed by atoms with Crippen LogP contribution >= 0.6 is 0 Å². The van der Waals surface area contributed by atoms with Crippen LogP contribution in [-0.4, -0.2) is 60.0 Å². The summed E-state index contributed by atoms with van der Waals surface area (Å²) in [5, 5.41) is 3.47. The summed E-state index contributed by atoms with van der Waals surface area (Å²) in [6, 6.07) is 2.16. The molecule has 5 nitrogen and oxygen atoms in total. The van der Waals surface area contributed by atoms with Gasteiger partial charge in [0.1, 0.15) is 5.82 Å². The highest BCUT2D eigenvalue weighted by Gasteiger charge is 2.28. The number of amides is 1. The minimum absolute atomic E-state index is 0.160. The number of likely N-dealkylation sites (tertiary alicyclic amines) is 1. The van der Waals surface area contributed by atoms with Crippen LogP contribution in [0.5, 0.6) is 0 Å². The second kappa shape index (κ2) is 8.17. The molecule has 1 N–H and O–H groups in total. The van der Waals surface area contributed by atoms with E-state index in [2.05, 4.69) is 30.1 Å². The van der Waals surface area contributed by atoms with E-state index in [1.54, 1.807) is 0 Å². The average molecular weight is 371 g/mol. The lowest BCUT2D eigenvalue weighted by atomic mass is 10.0. The number of anilines is 1. The van der Waals surface area contributed by atoms with Gasteiger partial charge in [-0.25, -0.2) is 4.98 Å². The summed E-state index contributed by atoms with van der Waals surface area (Å²) >= 11 is 0. The van der Waals surface area contributed by atoms with Gasteiger partial charge in [-0.3, -0.25) is 4.79 Å². The van der Waals surface area contributed by atoms with Gasteiger partial charge >= 0.3 is 0 Å². The highest BCUT2D eigenvalue weighted by atomic mass is 16.2. The third kappa shape index (κ3) is 4.63. The van der Waals surface area contributed by atoms with E-state index in [0.717, 1.165) is 75.7 Å². The van der Waals surface area contributed by atoms with Crippen LogP contribution in [0.15, 0.2) is 6.07 Å². The highest BCUT2D eigenvalue weighted by molar-refractivity contribution is 5.99. The van der Waals surface area contributed by atoms with Gasteiger partial charge in [0, 0.05) is 51.4 Å². The number of hydrogen-bond acceptors (Lipinski definition) is 4. The van der Waals surface area contributed by atoms with Crippen LogP contribution in [0.2, 0.25) is 0 Å². The van der Waals surface area contributed by atoms with Crippen LogP contribution in [0.1, 0.15) is 61.1 Å². The topological polar surface area (TPSA) is 48.5 Å². The molecule has 2 aliphatic heterocycles. The van der Waals surface area contributed by atoms with Crippen LogP contribution in [0, 0.1) is 11.8 Å². The van der Waals surface area contributed by atoms with Crippen molar-refractivity contribution >= 4 is 11.7 Å². The first-order valence-corrected chi connectivity index (χ1v) is 10.9. The Labute approximate surface area is 163 Å². The summed E-state index contributed by atoms with van der Waals surface area (Å²) in [6.45, 7) is 10.4. The van der Waals surface area contributed by atoms with Crippen molar-refractivity contribution in [2.75, 3.05) is 44.6 Å². The molecule has 148 valence electrons. The fraction of sp³-hybridized carbons (Fsp3) is 0.727. The molecule has 1 aromatic heterocycles. The minimum atomic E-state index is 0.160. The predicted octanol–water partition coefficient (Wildman–Crippen LogP) is 3.20. The average Bonchev–Trinajstić information content (AvgIpc) is 3.35. The lowest BCUT2D eigenvalue weighted by molar-refractivity contribution is 0.0793. The Morgan fingerprint density at radius 1 is 1.19 bits per heavy atom. The molecule has 3 heterocycles. The van der Waals surface area contributed by atoms with Crippen LogP contribution in [0.25, 0.3) is 0 Å². The Morgan fingerprint density at radius 3 is 2.63 bits per heavy atom. The summed E-state index contributed by atoms with van der Waals surface area (Å²) in [4.78, 5) is 22.7. The fourth-order valence-electron chi connectivity index (χ4n) is 4.22. The van der Waals surface area contributed by atoms with Gasteiger partial charge in [-0.05, 0) is 55.6 Å². The number of nitrogens with one attached hydrogen (secondary N) is 1. The normalized spacial score (nSPS) is 20.6. The molecule has 0 bridgehead atoms. The lowest BCUT2D eigenvalue weighted by Gasteiger charge is -2.20. The lowest BCUT2D eigenvalue weighted by Crippen LogP contribution is -2.29. The maximum absolute atomic E-state index is 13.1. The van der Waals surface area contributed by atoms with E-state index in [1.165, 1.54) is 30.6 Å². The van der Waals surface area contributed by atoms with Gasteiger partial charge in [-0.2, -0.15) is 0 Å². The Bertz CT molecular complexity index is 677. The number of pyridine rings is 1. The molecule has 0 aromatic carbocycles. The van der Waals surface area contributed by atoms with Crippen molar-refractivity contribution in [2.45, 2.75) is 52.4 Å². The van der Waals surface area contributed by atoms with E-state index >= 15 is 0 Å². The highest BCUT2D eigenvalue weighted by Crippen LogP contribution is 2.31. The van der Waals surface area contributed by atoms with Gasteiger partial charge in [-0.15, -0.1) is 0 Å². The molecular formula is C22H34N4O. The zero-order valence-corrected chi connectivity index (χ0v) is 17.0.